The summed E-state index contributed by atoms with van der Waals surface area (Å²) in [7, 11) is 0. The highest BCUT2D eigenvalue weighted by molar-refractivity contribution is 5.73. The van der Waals surface area contributed by atoms with Gasteiger partial charge in [0.05, 0.1) is 11.3 Å². The lowest BCUT2D eigenvalue weighted by molar-refractivity contribution is -0.137. The number of dihydropyridines is 1. The smallest absolute Gasteiger partial charge is 0.387 e. The molecule has 1 aromatic rings. The van der Waals surface area contributed by atoms with E-state index < -0.39 is 18.0 Å². The third-order valence-electron chi connectivity index (χ3n) is 8.77. The van der Waals surface area contributed by atoms with Crippen LogP contribution in [-0.4, -0.2) is 44.1 Å². The second kappa shape index (κ2) is 10.3. The van der Waals surface area contributed by atoms with E-state index in [-0.39, 0.29) is 11.6 Å². The van der Waals surface area contributed by atoms with Gasteiger partial charge in [-0.1, -0.05) is 36.5 Å². The molecule has 3 heterocycles. The first kappa shape index (κ1) is 26.2. The first-order valence-electron chi connectivity index (χ1n) is 14.4. The van der Waals surface area contributed by atoms with Crippen LogP contribution in [0.4, 0.5) is 24.5 Å². The van der Waals surface area contributed by atoms with Crippen LogP contribution < -0.4 is 20.4 Å². The van der Waals surface area contributed by atoms with Crippen LogP contribution in [0.3, 0.4) is 0 Å². The van der Waals surface area contributed by atoms with E-state index in [1.807, 2.05) is 12.2 Å². The van der Waals surface area contributed by atoms with Crippen molar-refractivity contribution in [2.45, 2.75) is 31.7 Å². The number of piperazine rings is 1. The number of nitrogens with zero attached hydrogens (tertiary/aromatic N) is 2. The maximum atomic E-state index is 14.4. The minimum atomic E-state index is -4.53. The Hall–Kier alpha value is -3.75. The van der Waals surface area contributed by atoms with E-state index in [1.54, 1.807) is 28.0 Å². The van der Waals surface area contributed by atoms with Gasteiger partial charge in [-0.25, -0.2) is 0 Å². The molecule has 0 aromatic heterocycles. The van der Waals surface area contributed by atoms with Crippen molar-refractivity contribution in [1.29, 1.82) is 0 Å². The Balaban J connectivity index is 1.30. The number of benzene rings is 1. The average Bonchev–Trinajstić information content (AvgIpc) is 3.00. The molecule has 0 saturated carbocycles. The topological polar surface area (TPSA) is 50.8 Å². The Labute approximate surface area is 238 Å². The zero-order valence-electron chi connectivity index (χ0n) is 22.7. The highest BCUT2D eigenvalue weighted by Gasteiger charge is 2.38. The number of hydrogen-bond acceptors (Lipinski definition) is 5. The zero-order chi connectivity index (χ0) is 28.1. The van der Waals surface area contributed by atoms with E-state index in [0.717, 1.165) is 53.8 Å². The lowest BCUT2D eigenvalue weighted by Gasteiger charge is -2.40. The molecule has 3 N–H and O–H groups in total. The van der Waals surface area contributed by atoms with Crippen LogP contribution in [0.15, 0.2) is 112 Å². The number of alkyl halides is 3. The Morgan fingerprint density at radius 2 is 1.85 bits per heavy atom. The van der Waals surface area contributed by atoms with Crippen LogP contribution in [0.2, 0.25) is 0 Å². The van der Waals surface area contributed by atoms with Gasteiger partial charge in [0.25, 0.3) is 0 Å². The summed E-state index contributed by atoms with van der Waals surface area (Å²) in [5.74, 6) is 0.0772. The van der Waals surface area contributed by atoms with E-state index in [9.17, 15) is 18.3 Å². The van der Waals surface area contributed by atoms with Gasteiger partial charge in [-0.2, -0.15) is 13.2 Å². The lowest BCUT2D eigenvalue weighted by Crippen LogP contribution is -2.44. The number of hydrogen-bond donors (Lipinski definition) is 3. The van der Waals surface area contributed by atoms with Crippen LogP contribution in [0.5, 0.6) is 0 Å². The zero-order valence-corrected chi connectivity index (χ0v) is 22.7. The molecule has 0 radical (unpaired) electrons. The molecule has 3 aliphatic heterocycles. The van der Waals surface area contributed by atoms with Gasteiger partial charge in [-0.3, -0.25) is 0 Å². The fraction of sp³-hybridized carbons (Fsp3) is 0.333. The summed E-state index contributed by atoms with van der Waals surface area (Å²) in [6.07, 6.45) is 15.8. The molecule has 5 nitrogen and oxygen atoms in total. The Morgan fingerprint density at radius 3 is 2.68 bits per heavy atom. The van der Waals surface area contributed by atoms with Crippen molar-refractivity contribution < 1.29 is 18.3 Å². The van der Waals surface area contributed by atoms with Crippen LogP contribution in [0.25, 0.3) is 0 Å². The minimum Gasteiger partial charge on any atom is -0.387 e. The molecule has 8 heteroatoms. The number of fused-ring (bicyclic) bond motifs is 2. The summed E-state index contributed by atoms with van der Waals surface area (Å²) in [6.45, 7) is 3.16. The molecular formula is C33H33F3N4O. The quantitative estimate of drug-likeness (QED) is 0.449. The molecule has 7 rings (SSSR count). The Bertz CT molecular complexity index is 1510. The maximum absolute atomic E-state index is 14.4. The molecule has 0 bridgehead atoms. The summed E-state index contributed by atoms with van der Waals surface area (Å²) >= 11 is 0. The van der Waals surface area contributed by atoms with Gasteiger partial charge in [0, 0.05) is 61.8 Å². The van der Waals surface area contributed by atoms with E-state index in [1.165, 1.54) is 17.2 Å². The van der Waals surface area contributed by atoms with Gasteiger partial charge >= 0.3 is 6.18 Å². The van der Waals surface area contributed by atoms with E-state index >= 15 is 0 Å². The second-order valence-corrected chi connectivity index (χ2v) is 11.2. The van der Waals surface area contributed by atoms with Crippen LogP contribution in [-0.2, 0) is 6.18 Å². The molecule has 2 atom stereocenters. The third-order valence-corrected chi connectivity index (χ3v) is 8.77. The van der Waals surface area contributed by atoms with E-state index in [2.05, 4.69) is 47.2 Å². The average molecular weight is 559 g/mol. The SMILES string of the molecule is O[C@H]1C=CC2=C(C3=CC(C4=CNCC5=C4C=CCC5)=CCC3C=C2)N1c1ccc(N2CCNCC2)c(C(F)(F)F)c1. The number of anilines is 2. The van der Waals surface area contributed by atoms with Crippen molar-refractivity contribution in [3.63, 3.8) is 0 Å². The van der Waals surface area contributed by atoms with Gasteiger partial charge in [0.15, 0.2) is 6.23 Å². The molecule has 0 amide bonds. The fourth-order valence-corrected chi connectivity index (χ4v) is 6.75. The highest BCUT2D eigenvalue weighted by Crippen LogP contribution is 2.46. The first-order chi connectivity index (χ1) is 19.9. The third kappa shape index (κ3) is 4.69. The predicted octanol–water partition coefficient (Wildman–Crippen LogP) is 5.64. The molecule has 212 valence electrons. The summed E-state index contributed by atoms with van der Waals surface area (Å²) < 4.78 is 43.3. The molecular weight excluding hydrogens is 525 g/mol. The molecule has 41 heavy (non-hydrogen) atoms. The van der Waals surface area contributed by atoms with Gasteiger partial charge in [0.1, 0.15) is 0 Å². The van der Waals surface area contributed by atoms with Crippen molar-refractivity contribution in [3.05, 3.63) is 118 Å². The Morgan fingerprint density at radius 1 is 1.02 bits per heavy atom. The largest absolute Gasteiger partial charge is 0.418 e. The lowest BCUT2D eigenvalue weighted by atomic mass is 9.77. The molecule has 1 fully saturated rings. The van der Waals surface area contributed by atoms with Crippen molar-refractivity contribution in [2.24, 2.45) is 5.92 Å². The number of aliphatic hydroxyl groups is 1. The van der Waals surface area contributed by atoms with Gasteiger partial charge in [0.2, 0.25) is 0 Å². The molecule has 1 aromatic carbocycles. The summed E-state index contributed by atoms with van der Waals surface area (Å²) in [5.41, 5.74) is 7.38. The molecule has 6 aliphatic rings. The molecule has 0 spiro atoms. The van der Waals surface area contributed by atoms with Crippen LogP contribution in [0, 0.1) is 5.92 Å². The summed E-state index contributed by atoms with van der Waals surface area (Å²) in [6, 6.07) is 4.48. The maximum Gasteiger partial charge on any atom is 0.418 e. The minimum absolute atomic E-state index is 0.0772. The predicted molar refractivity (Wildman–Crippen MR) is 156 cm³/mol. The van der Waals surface area contributed by atoms with Crippen molar-refractivity contribution in [1.82, 2.24) is 10.6 Å². The fourth-order valence-electron chi connectivity index (χ4n) is 6.75. The van der Waals surface area contributed by atoms with E-state index in [0.29, 0.717) is 31.9 Å². The number of allylic oxidation sites excluding steroid dienone is 12. The molecule has 1 unspecified atom stereocenters. The number of halogens is 3. The van der Waals surface area contributed by atoms with E-state index in [4.69, 9.17) is 0 Å². The number of nitrogens with one attached hydrogen (secondary N) is 2. The van der Waals surface area contributed by atoms with Crippen molar-refractivity contribution in [2.75, 3.05) is 42.5 Å². The van der Waals surface area contributed by atoms with Gasteiger partial charge in [-0.05, 0) is 77.5 Å². The first-order valence-corrected chi connectivity index (χ1v) is 14.4. The summed E-state index contributed by atoms with van der Waals surface area (Å²) in [4.78, 5) is 3.45. The Kier molecular flexibility index (Phi) is 6.55. The molecule has 3 aliphatic carbocycles. The van der Waals surface area contributed by atoms with Gasteiger partial charge in [-0.15, -0.1) is 0 Å². The van der Waals surface area contributed by atoms with Crippen molar-refractivity contribution in [3.8, 4) is 0 Å². The van der Waals surface area contributed by atoms with Crippen LogP contribution in [0.1, 0.15) is 24.8 Å². The van der Waals surface area contributed by atoms with Crippen LogP contribution >= 0.6 is 0 Å². The number of aliphatic hydroxyl groups excluding tert-OH is 1. The van der Waals surface area contributed by atoms with Crippen molar-refractivity contribution >= 4 is 11.4 Å². The summed E-state index contributed by atoms with van der Waals surface area (Å²) in [5, 5.41) is 17.9. The standard InChI is InChI=1S/C33H33F3N4O/c34-33(35,36)29-18-25(10-11-30(29)39-15-13-37-14-16-39)40-31(41)12-9-22-7-5-21-6-8-23(17-27(21)32(22)40)28-20-38-19-24-3-1-2-4-26(24)28/h2,4-5,7-12,17-18,20-21,31,37-38,41H,1,3,6,13-16,19H2/t21?,31-/m0/s1. The second-order valence-electron chi connectivity index (χ2n) is 11.2. The monoisotopic (exact) mass is 558 g/mol. The van der Waals surface area contributed by atoms with Gasteiger partial charge < -0.3 is 25.5 Å². The normalized spacial score (nSPS) is 25.7. The molecule has 1 saturated heterocycles. The highest BCUT2D eigenvalue weighted by atomic mass is 19.4. The number of rotatable bonds is 3.